The number of nitrogens with zero attached hydrogens (tertiary/aromatic N) is 3. The number of nitrogens with one attached hydrogen (secondary N) is 1. The Morgan fingerprint density at radius 1 is 1.06 bits per heavy atom. The zero-order valence-corrected chi connectivity index (χ0v) is 16.7. The Balaban J connectivity index is 1.72. The van der Waals surface area contributed by atoms with Gasteiger partial charge in [-0.2, -0.15) is 0 Å². The topological polar surface area (TPSA) is 91.3 Å². The number of hydrogen-bond acceptors (Lipinski definition) is 6. The van der Waals surface area contributed by atoms with Gasteiger partial charge in [0.2, 0.25) is 0 Å². The van der Waals surface area contributed by atoms with Crippen molar-refractivity contribution in [2.45, 2.75) is 10.5 Å². The van der Waals surface area contributed by atoms with Gasteiger partial charge in [-0.3, -0.25) is 14.5 Å². The van der Waals surface area contributed by atoms with Gasteiger partial charge in [-0.25, -0.2) is 9.78 Å². The molecule has 1 aromatic carbocycles. The fraction of sp³-hybridized carbons (Fsp3) is 0.211. The molecular weight excluding hydrogens is 402 g/mol. The van der Waals surface area contributed by atoms with Crippen LogP contribution in [0.5, 0.6) is 17.2 Å². The van der Waals surface area contributed by atoms with Crippen LogP contribution in [0.1, 0.15) is 0 Å². The summed E-state index contributed by atoms with van der Waals surface area (Å²) in [5, 5.41) is -3.56. The predicted molar refractivity (Wildman–Crippen MR) is 123 cm³/mol. The van der Waals surface area contributed by atoms with Crippen LogP contribution in [0, 0.1) is 0 Å². The smallest absolute Gasteiger partial charge is 0.332 e. The Hall–Kier alpha value is -3.23. The first kappa shape index (κ1) is 20.7. The Morgan fingerprint density at radius 3 is 2.62 bits per heavy atom. The SMILES string of the molecule is [B]C([B])([B])C([B])([B])Oc1ccnc2[nH]c(=O)n(-c3ccc4ncc5c(c4c3)OCCO5)c12. The molecule has 8 nitrogen and oxygen atoms in total. The Kier molecular flexibility index (Phi) is 4.62. The number of pyridine rings is 2. The lowest BCUT2D eigenvalue weighted by atomic mass is 9.28. The molecular formula is C19H11B5N4O4. The zero-order chi connectivity index (χ0) is 22.7. The molecule has 0 fully saturated rings. The van der Waals surface area contributed by atoms with E-state index in [1.54, 1.807) is 24.4 Å². The number of ether oxygens (including phenoxy) is 3. The molecule has 1 N–H and O–H groups in total. The monoisotopic (exact) mass is 414 g/mol. The van der Waals surface area contributed by atoms with Crippen LogP contribution in [0.4, 0.5) is 0 Å². The van der Waals surface area contributed by atoms with Crippen LogP contribution in [0.3, 0.4) is 0 Å². The highest BCUT2D eigenvalue weighted by Crippen LogP contribution is 2.38. The number of aromatic amines is 1. The third-order valence-corrected chi connectivity index (χ3v) is 5.11. The summed E-state index contributed by atoms with van der Waals surface area (Å²) >= 11 is 0. The van der Waals surface area contributed by atoms with Gasteiger partial charge in [0, 0.05) is 23.0 Å². The summed E-state index contributed by atoms with van der Waals surface area (Å²) in [4.78, 5) is 24.1. The number of benzene rings is 1. The minimum atomic E-state index is -2.16. The second-order valence-electron chi connectivity index (χ2n) is 7.45. The van der Waals surface area contributed by atoms with Crippen molar-refractivity contribution in [3.05, 3.63) is 47.1 Å². The zero-order valence-electron chi connectivity index (χ0n) is 16.7. The van der Waals surface area contributed by atoms with E-state index < -0.39 is 16.2 Å². The van der Waals surface area contributed by atoms with E-state index >= 15 is 0 Å². The van der Waals surface area contributed by atoms with Crippen molar-refractivity contribution >= 4 is 61.3 Å². The highest BCUT2D eigenvalue weighted by molar-refractivity contribution is 6.66. The highest BCUT2D eigenvalue weighted by atomic mass is 16.6. The van der Waals surface area contributed by atoms with Crippen LogP contribution in [0.25, 0.3) is 27.8 Å². The second kappa shape index (κ2) is 7.15. The molecule has 0 unspecified atom stereocenters. The summed E-state index contributed by atoms with van der Waals surface area (Å²) in [6.07, 6.45) is 3.01. The second-order valence-corrected chi connectivity index (χ2v) is 7.45. The van der Waals surface area contributed by atoms with E-state index in [1.165, 1.54) is 16.8 Å². The minimum absolute atomic E-state index is 0.0944. The van der Waals surface area contributed by atoms with E-state index in [0.29, 0.717) is 41.3 Å². The molecule has 0 saturated heterocycles. The van der Waals surface area contributed by atoms with Gasteiger partial charge in [0.1, 0.15) is 40.2 Å². The molecule has 3 aromatic heterocycles. The van der Waals surface area contributed by atoms with E-state index in [9.17, 15) is 4.79 Å². The van der Waals surface area contributed by atoms with Gasteiger partial charge < -0.3 is 14.2 Å². The molecule has 32 heavy (non-hydrogen) atoms. The van der Waals surface area contributed by atoms with Crippen LogP contribution in [-0.2, 0) is 0 Å². The van der Waals surface area contributed by atoms with Gasteiger partial charge in [-0.15, -0.1) is 5.11 Å². The molecule has 0 spiro atoms. The molecule has 5 rings (SSSR count). The van der Waals surface area contributed by atoms with Crippen molar-refractivity contribution in [1.29, 1.82) is 0 Å². The largest absolute Gasteiger partial charge is 0.506 e. The molecule has 13 heteroatoms. The lowest BCUT2D eigenvalue weighted by Crippen LogP contribution is -2.51. The first-order chi connectivity index (χ1) is 15.2. The normalized spacial score (nSPS) is 14.0. The van der Waals surface area contributed by atoms with Crippen LogP contribution < -0.4 is 19.9 Å². The van der Waals surface area contributed by atoms with Gasteiger partial charge in [0.25, 0.3) is 0 Å². The van der Waals surface area contributed by atoms with Crippen molar-refractivity contribution in [2.24, 2.45) is 0 Å². The molecule has 10 radical (unpaired) electrons. The van der Waals surface area contributed by atoms with E-state index in [2.05, 4.69) is 15.0 Å². The van der Waals surface area contributed by atoms with Crippen molar-refractivity contribution < 1.29 is 14.2 Å². The van der Waals surface area contributed by atoms with Crippen molar-refractivity contribution in [3.63, 3.8) is 0 Å². The summed E-state index contributed by atoms with van der Waals surface area (Å²) < 4.78 is 18.4. The number of imidazole rings is 1. The maximum Gasteiger partial charge on any atom is 0.332 e. The van der Waals surface area contributed by atoms with Crippen molar-refractivity contribution in [2.75, 3.05) is 13.2 Å². The molecule has 0 amide bonds. The average molecular weight is 413 g/mol. The Labute approximate surface area is 189 Å². The summed E-state index contributed by atoms with van der Waals surface area (Å²) in [6, 6.07) is 6.69. The third kappa shape index (κ3) is 3.27. The first-order valence-electron chi connectivity index (χ1n) is 9.57. The minimum Gasteiger partial charge on any atom is -0.506 e. The average Bonchev–Trinajstić information content (AvgIpc) is 3.09. The molecule has 4 aromatic rings. The van der Waals surface area contributed by atoms with E-state index in [4.69, 9.17) is 53.4 Å². The van der Waals surface area contributed by atoms with E-state index in [1.807, 2.05) is 0 Å². The van der Waals surface area contributed by atoms with Gasteiger partial charge in [0.05, 0.1) is 40.9 Å². The summed E-state index contributed by atoms with van der Waals surface area (Å²) in [6.45, 7) is 0.832. The lowest BCUT2D eigenvalue weighted by Gasteiger charge is -2.42. The maximum absolute atomic E-state index is 12.9. The van der Waals surface area contributed by atoms with Crippen LogP contribution in [0.15, 0.2) is 41.5 Å². The summed E-state index contributed by atoms with van der Waals surface area (Å²) in [5.74, 6) is 1.17. The molecule has 0 saturated carbocycles. The molecule has 0 aliphatic carbocycles. The van der Waals surface area contributed by atoms with E-state index in [-0.39, 0.29) is 16.9 Å². The fourth-order valence-corrected chi connectivity index (χ4v) is 3.43. The van der Waals surface area contributed by atoms with Gasteiger partial charge in [-0.1, -0.05) is 0 Å². The molecule has 146 valence electrons. The predicted octanol–water partition coefficient (Wildman–Crippen LogP) is -0.0180. The number of fused-ring (bicyclic) bond motifs is 4. The fourth-order valence-electron chi connectivity index (χ4n) is 3.43. The van der Waals surface area contributed by atoms with Crippen LogP contribution in [0.2, 0.25) is 5.11 Å². The third-order valence-electron chi connectivity index (χ3n) is 5.11. The van der Waals surface area contributed by atoms with Gasteiger partial charge in [-0.05, 0) is 18.2 Å². The lowest BCUT2D eigenvalue weighted by molar-refractivity contribution is 0.173. The molecule has 1 aliphatic rings. The standard InChI is InChI=1S/C19H11B5N4O4/c20-18(21,22)19(23,24)32-12-3-4-25-16-14(12)28(17(29)27-16)9-1-2-11-10(7-9)15-13(8-26-11)30-5-6-31-15/h1-4,7-8H,5-6H2,(H,25,27,29). The number of aromatic nitrogens is 4. The maximum atomic E-state index is 12.9. The number of H-pyrrole nitrogens is 1. The van der Waals surface area contributed by atoms with E-state index in [0.717, 1.165) is 0 Å². The van der Waals surface area contributed by atoms with Gasteiger partial charge in [0.15, 0.2) is 17.1 Å². The summed E-state index contributed by atoms with van der Waals surface area (Å²) in [5.41, 5.74) is 1.17. The van der Waals surface area contributed by atoms with Crippen molar-refractivity contribution in [3.8, 4) is 22.9 Å². The van der Waals surface area contributed by atoms with Gasteiger partial charge >= 0.3 is 5.69 Å². The molecule has 0 bridgehead atoms. The molecule has 4 heterocycles. The Morgan fingerprint density at radius 2 is 1.84 bits per heavy atom. The Bertz CT molecular complexity index is 1410. The molecule has 0 atom stereocenters. The quantitative estimate of drug-likeness (QED) is 0.473. The van der Waals surface area contributed by atoms with Crippen LogP contribution in [-0.4, -0.2) is 77.4 Å². The first-order valence-corrected chi connectivity index (χ1v) is 9.57. The van der Waals surface area contributed by atoms with Crippen LogP contribution >= 0.6 is 0 Å². The van der Waals surface area contributed by atoms with Crippen molar-refractivity contribution in [1.82, 2.24) is 19.5 Å². The highest BCUT2D eigenvalue weighted by Gasteiger charge is 2.33. The summed E-state index contributed by atoms with van der Waals surface area (Å²) in [7, 11) is 28.7. The number of hydrogen-bond donors (Lipinski definition) is 1. The number of rotatable bonds is 4. The molecule has 1 aliphatic heterocycles.